The summed E-state index contributed by atoms with van der Waals surface area (Å²) in [5.74, 6) is -0.814. The third kappa shape index (κ3) is 4.80. The Kier molecular flexibility index (Phi) is 6.80. The van der Waals surface area contributed by atoms with Crippen LogP contribution < -0.4 is 0 Å². The fourth-order valence-electron chi connectivity index (χ4n) is 2.11. The van der Waals surface area contributed by atoms with Crippen molar-refractivity contribution in [1.82, 2.24) is 14.7 Å². The van der Waals surface area contributed by atoms with E-state index in [1.807, 2.05) is 0 Å². The quantitative estimate of drug-likeness (QED) is 0.677. The van der Waals surface area contributed by atoms with Crippen LogP contribution in [-0.2, 0) is 9.59 Å². The summed E-state index contributed by atoms with van der Waals surface area (Å²) < 4.78 is 0. The molecule has 110 valence electrons. The molecule has 0 radical (unpaired) electrons. The Bertz CT molecular complexity index is 302. The van der Waals surface area contributed by atoms with Crippen molar-refractivity contribution in [3.05, 3.63) is 0 Å². The van der Waals surface area contributed by atoms with E-state index in [9.17, 15) is 9.59 Å². The number of likely N-dealkylation sites (N-methyl/N-ethyl adjacent to an activating group) is 1. The van der Waals surface area contributed by atoms with E-state index in [2.05, 4.69) is 11.8 Å². The Morgan fingerprint density at radius 2 is 1.84 bits per heavy atom. The van der Waals surface area contributed by atoms with E-state index in [1.54, 1.807) is 11.9 Å². The first-order chi connectivity index (χ1) is 9.10. The van der Waals surface area contributed by atoms with Crippen molar-refractivity contribution in [2.24, 2.45) is 0 Å². The van der Waals surface area contributed by atoms with E-state index >= 15 is 0 Å². The number of aliphatic hydroxyl groups excluding tert-OH is 1. The van der Waals surface area contributed by atoms with Gasteiger partial charge >= 0.3 is 11.8 Å². The number of aliphatic hydroxyl groups is 1. The minimum absolute atomic E-state index is 0.132. The summed E-state index contributed by atoms with van der Waals surface area (Å²) in [6.45, 7) is 6.01. The monoisotopic (exact) mass is 271 g/mol. The van der Waals surface area contributed by atoms with E-state index in [0.29, 0.717) is 26.2 Å². The van der Waals surface area contributed by atoms with Crippen molar-refractivity contribution in [3.63, 3.8) is 0 Å². The molecule has 1 N–H and O–H groups in total. The summed E-state index contributed by atoms with van der Waals surface area (Å²) >= 11 is 0. The van der Waals surface area contributed by atoms with Gasteiger partial charge in [-0.05, 0) is 6.42 Å². The molecule has 0 bridgehead atoms. The molecule has 6 nitrogen and oxygen atoms in total. The van der Waals surface area contributed by atoms with Crippen molar-refractivity contribution < 1.29 is 14.7 Å². The average molecular weight is 271 g/mol. The molecule has 1 saturated heterocycles. The van der Waals surface area contributed by atoms with Crippen molar-refractivity contribution >= 4 is 11.8 Å². The first kappa shape index (κ1) is 15.9. The van der Waals surface area contributed by atoms with Crippen LogP contribution in [0.25, 0.3) is 0 Å². The molecular formula is C13H25N3O3. The smallest absolute Gasteiger partial charge is 0.312 e. The normalized spacial score (nSPS) is 16.5. The predicted octanol–water partition coefficient (Wildman–Crippen LogP) is -0.619. The van der Waals surface area contributed by atoms with Crippen LogP contribution in [0.5, 0.6) is 0 Å². The number of carbonyl (C=O) groups is 2. The maximum atomic E-state index is 12.0. The lowest BCUT2D eigenvalue weighted by molar-refractivity contribution is -0.152. The number of unbranched alkanes of at least 4 members (excludes halogenated alkanes) is 1. The van der Waals surface area contributed by atoms with Crippen LogP contribution in [0.4, 0.5) is 0 Å². The third-order valence-corrected chi connectivity index (χ3v) is 3.45. The van der Waals surface area contributed by atoms with Gasteiger partial charge in [0.1, 0.15) is 0 Å². The minimum Gasteiger partial charge on any atom is -0.395 e. The van der Waals surface area contributed by atoms with Crippen molar-refractivity contribution in [2.45, 2.75) is 19.8 Å². The highest BCUT2D eigenvalue weighted by molar-refractivity contribution is 6.34. The minimum atomic E-state index is -0.413. The number of amides is 2. The summed E-state index contributed by atoms with van der Waals surface area (Å²) in [5.41, 5.74) is 0. The van der Waals surface area contributed by atoms with Gasteiger partial charge in [0.25, 0.3) is 0 Å². The Labute approximate surface area is 115 Å². The molecule has 19 heavy (non-hydrogen) atoms. The second-order valence-corrected chi connectivity index (χ2v) is 4.94. The van der Waals surface area contributed by atoms with Gasteiger partial charge < -0.3 is 14.9 Å². The molecule has 0 atom stereocenters. The zero-order valence-electron chi connectivity index (χ0n) is 12.0. The van der Waals surface area contributed by atoms with Gasteiger partial charge in [-0.25, -0.2) is 0 Å². The fraction of sp³-hybridized carbons (Fsp3) is 0.846. The summed E-state index contributed by atoms with van der Waals surface area (Å²) in [5, 5.41) is 8.85. The molecule has 6 heteroatoms. The van der Waals surface area contributed by atoms with E-state index in [0.717, 1.165) is 25.9 Å². The highest BCUT2D eigenvalue weighted by Gasteiger charge is 2.27. The van der Waals surface area contributed by atoms with Crippen molar-refractivity contribution in [1.29, 1.82) is 0 Å². The molecule has 0 aliphatic carbocycles. The topological polar surface area (TPSA) is 64.1 Å². The van der Waals surface area contributed by atoms with Crippen LogP contribution >= 0.6 is 0 Å². The molecule has 0 aromatic rings. The predicted molar refractivity (Wildman–Crippen MR) is 72.7 cm³/mol. The first-order valence-electron chi connectivity index (χ1n) is 6.97. The van der Waals surface area contributed by atoms with Crippen molar-refractivity contribution in [3.8, 4) is 0 Å². The van der Waals surface area contributed by atoms with Crippen LogP contribution in [0.1, 0.15) is 19.8 Å². The number of rotatable bonds is 5. The van der Waals surface area contributed by atoms with Crippen LogP contribution in [0.2, 0.25) is 0 Å². The molecule has 2 amide bonds. The molecule has 0 aromatic carbocycles. The Morgan fingerprint density at radius 3 is 2.37 bits per heavy atom. The van der Waals surface area contributed by atoms with Gasteiger partial charge in [-0.15, -0.1) is 0 Å². The maximum Gasteiger partial charge on any atom is 0.312 e. The average Bonchev–Trinajstić information content (AvgIpc) is 2.44. The lowest BCUT2D eigenvalue weighted by Crippen LogP contribution is -2.53. The zero-order valence-corrected chi connectivity index (χ0v) is 12.0. The van der Waals surface area contributed by atoms with Gasteiger partial charge in [-0.3, -0.25) is 14.5 Å². The Hall–Kier alpha value is -1.14. The highest BCUT2D eigenvalue weighted by atomic mass is 16.3. The van der Waals surface area contributed by atoms with Crippen molar-refractivity contribution in [2.75, 3.05) is 52.9 Å². The molecular weight excluding hydrogens is 246 g/mol. The third-order valence-electron chi connectivity index (χ3n) is 3.45. The molecule has 1 fully saturated rings. The lowest BCUT2D eigenvalue weighted by Gasteiger charge is -2.34. The van der Waals surface area contributed by atoms with E-state index in [-0.39, 0.29) is 6.61 Å². The number of piperazine rings is 1. The van der Waals surface area contributed by atoms with Crippen LogP contribution in [0.15, 0.2) is 0 Å². The Balaban J connectivity index is 2.39. The Morgan fingerprint density at radius 1 is 1.21 bits per heavy atom. The second kappa shape index (κ2) is 8.12. The number of carbonyl (C=O) groups excluding carboxylic acids is 2. The van der Waals surface area contributed by atoms with Gasteiger partial charge in [0.15, 0.2) is 0 Å². The molecule has 0 spiro atoms. The lowest BCUT2D eigenvalue weighted by atomic mass is 10.3. The molecule has 0 unspecified atom stereocenters. The number of hydrogen-bond donors (Lipinski definition) is 1. The largest absolute Gasteiger partial charge is 0.395 e. The summed E-state index contributed by atoms with van der Waals surface area (Å²) in [4.78, 5) is 29.2. The first-order valence-corrected chi connectivity index (χ1v) is 6.97. The van der Waals surface area contributed by atoms with Crippen LogP contribution in [0, 0.1) is 0 Å². The van der Waals surface area contributed by atoms with Crippen LogP contribution in [0.3, 0.4) is 0 Å². The van der Waals surface area contributed by atoms with E-state index in [1.165, 1.54) is 4.90 Å². The molecule has 1 aliphatic heterocycles. The zero-order chi connectivity index (χ0) is 14.3. The molecule has 1 aliphatic rings. The van der Waals surface area contributed by atoms with Gasteiger partial charge in [0.2, 0.25) is 0 Å². The molecule has 1 heterocycles. The highest BCUT2D eigenvalue weighted by Crippen LogP contribution is 2.04. The van der Waals surface area contributed by atoms with Gasteiger partial charge in [0.05, 0.1) is 6.61 Å². The maximum absolute atomic E-state index is 12.0. The van der Waals surface area contributed by atoms with E-state index in [4.69, 9.17) is 5.11 Å². The van der Waals surface area contributed by atoms with Gasteiger partial charge in [0, 0.05) is 46.3 Å². The summed E-state index contributed by atoms with van der Waals surface area (Å²) in [7, 11) is 1.68. The summed E-state index contributed by atoms with van der Waals surface area (Å²) in [6, 6.07) is 0. The SMILES string of the molecule is CCCCN(C)C(=O)C(=O)N1CCN(CCO)CC1. The molecule has 1 rings (SSSR count). The van der Waals surface area contributed by atoms with Gasteiger partial charge in [-0.1, -0.05) is 13.3 Å². The molecule has 0 saturated carbocycles. The summed E-state index contributed by atoms with van der Waals surface area (Å²) in [6.07, 6.45) is 1.92. The van der Waals surface area contributed by atoms with Crippen LogP contribution in [-0.4, -0.2) is 84.5 Å². The second-order valence-electron chi connectivity index (χ2n) is 4.94. The number of hydrogen-bond acceptors (Lipinski definition) is 4. The number of β-amino-alcohol motifs (C(OH)–C–C–N with tert-alkyl or cyclic N) is 1. The molecule has 0 aromatic heterocycles. The standard InChI is InChI=1S/C13H25N3O3/c1-3-4-5-14(2)12(18)13(19)16-8-6-15(7-9-16)10-11-17/h17H,3-11H2,1-2H3. The number of nitrogens with zero attached hydrogens (tertiary/aromatic N) is 3. The van der Waals surface area contributed by atoms with E-state index < -0.39 is 11.8 Å². The van der Waals surface area contributed by atoms with Gasteiger partial charge in [-0.2, -0.15) is 0 Å². The fourth-order valence-corrected chi connectivity index (χ4v) is 2.11.